The van der Waals surface area contributed by atoms with Crippen LogP contribution in [0, 0.1) is 0 Å². The minimum atomic E-state index is 0.363. The third-order valence-corrected chi connectivity index (χ3v) is 4.98. The Morgan fingerprint density at radius 2 is 1.88 bits per heavy atom. The summed E-state index contributed by atoms with van der Waals surface area (Å²) in [4.78, 5) is 7.81. The number of aromatic amines is 1. The van der Waals surface area contributed by atoms with Gasteiger partial charge in [-0.1, -0.05) is 54.6 Å². The number of nitrogens with zero attached hydrogens (tertiary/aromatic N) is 1. The molecule has 0 saturated carbocycles. The van der Waals surface area contributed by atoms with E-state index in [-0.39, 0.29) is 0 Å². The second-order valence-corrected chi connectivity index (χ2v) is 6.57. The first-order valence-electron chi connectivity index (χ1n) is 9.08. The molecule has 2 aromatic heterocycles. The zero-order chi connectivity index (χ0) is 17.8. The molecule has 0 aliphatic heterocycles. The first-order valence-corrected chi connectivity index (χ1v) is 9.08. The van der Waals surface area contributed by atoms with Crippen LogP contribution in [0.5, 0.6) is 0 Å². The molecular weight excluding hydrogens is 318 g/mol. The fraction of sp³-hybridized carbons (Fsp3) is 0.174. The summed E-state index contributed by atoms with van der Waals surface area (Å²) in [5, 5.41) is 4.58. The van der Waals surface area contributed by atoms with Crippen LogP contribution in [0.25, 0.3) is 22.0 Å². The fourth-order valence-corrected chi connectivity index (χ4v) is 3.70. The highest BCUT2D eigenvalue weighted by atomic mass is 14.8. The van der Waals surface area contributed by atoms with Crippen molar-refractivity contribution < 1.29 is 0 Å². The van der Waals surface area contributed by atoms with E-state index in [2.05, 4.69) is 76.1 Å². The molecule has 26 heavy (non-hydrogen) atoms. The number of para-hydroxylation sites is 1. The molecule has 0 radical (unpaired) electrons. The zero-order valence-electron chi connectivity index (χ0n) is 14.9. The van der Waals surface area contributed by atoms with Crippen molar-refractivity contribution in [1.82, 2.24) is 15.3 Å². The van der Waals surface area contributed by atoms with Gasteiger partial charge in [-0.15, -0.1) is 0 Å². The van der Waals surface area contributed by atoms with E-state index in [1.165, 1.54) is 27.6 Å². The van der Waals surface area contributed by atoms with E-state index in [4.69, 9.17) is 0 Å². The van der Waals surface area contributed by atoms with Crippen molar-refractivity contribution in [3.05, 3.63) is 90.4 Å². The molecular formula is C23H23N3. The van der Waals surface area contributed by atoms with Gasteiger partial charge < -0.3 is 10.3 Å². The quantitative estimate of drug-likeness (QED) is 0.520. The number of benzene rings is 2. The summed E-state index contributed by atoms with van der Waals surface area (Å²) in [6, 6.07) is 21.4. The molecule has 1 atom stereocenters. The molecule has 0 saturated heterocycles. The summed E-state index contributed by atoms with van der Waals surface area (Å²) in [6.07, 6.45) is 6.97. The van der Waals surface area contributed by atoms with Crippen LogP contribution in [-0.2, 0) is 0 Å². The van der Waals surface area contributed by atoms with E-state index in [1.54, 1.807) is 0 Å². The Balaban J connectivity index is 1.83. The number of aromatic nitrogens is 2. The highest BCUT2D eigenvalue weighted by Gasteiger charge is 2.19. The van der Waals surface area contributed by atoms with Gasteiger partial charge in [-0.05, 0) is 37.2 Å². The lowest BCUT2D eigenvalue weighted by atomic mass is 9.88. The van der Waals surface area contributed by atoms with Gasteiger partial charge in [0, 0.05) is 41.0 Å². The standard InChI is InChI=1S/C23H23N3/c1-24-14-12-19(17-7-3-2-4-8-17)22-16-26-23-20(10-5-11-21(22)23)18-9-6-13-25-15-18/h2-11,13,15-16,19,24,26H,12,14H2,1H3. The van der Waals surface area contributed by atoms with Gasteiger partial charge in [0.1, 0.15) is 0 Å². The second kappa shape index (κ2) is 7.54. The molecule has 0 spiro atoms. The Morgan fingerprint density at radius 3 is 2.65 bits per heavy atom. The van der Waals surface area contributed by atoms with Crippen molar-refractivity contribution in [2.45, 2.75) is 12.3 Å². The van der Waals surface area contributed by atoms with Gasteiger partial charge in [-0.2, -0.15) is 0 Å². The number of rotatable bonds is 6. The van der Waals surface area contributed by atoms with E-state index in [9.17, 15) is 0 Å². The maximum Gasteiger partial charge on any atom is 0.0537 e. The third kappa shape index (κ3) is 3.14. The monoisotopic (exact) mass is 341 g/mol. The molecule has 0 fully saturated rings. The van der Waals surface area contributed by atoms with Gasteiger partial charge >= 0.3 is 0 Å². The van der Waals surface area contributed by atoms with Crippen molar-refractivity contribution in [3.8, 4) is 11.1 Å². The summed E-state index contributed by atoms with van der Waals surface area (Å²) in [5.41, 5.74) is 6.23. The largest absolute Gasteiger partial charge is 0.360 e. The number of nitrogens with one attached hydrogen (secondary N) is 2. The molecule has 4 rings (SSSR count). The topological polar surface area (TPSA) is 40.7 Å². The van der Waals surface area contributed by atoms with Gasteiger partial charge in [0.15, 0.2) is 0 Å². The SMILES string of the molecule is CNCCC(c1ccccc1)c1c[nH]c2c(-c3cccnc3)cccc12. The second-order valence-electron chi connectivity index (χ2n) is 6.57. The van der Waals surface area contributed by atoms with E-state index in [0.717, 1.165) is 18.5 Å². The molecule has 4 aromatic rings. The lowest BCUT2D eigenvalue weighted by Crippen LogP contribution is -2.13. The number of H-pyrrole nitrogens is 1. The Morgan fingerprint density at radius 1 is 1.00 bits per heavy atom. The van der Waals surface area contributed by atoms with Crippen molar-refractivity contribution in [2.24, 2.45) is 0 Å². The summed E-state index contributed by atoms with van der Waals surface area (Å²) >= 11 is 0. The van der Waals surface area contributed by atoms with Crippen LogP contribution in [0.4, 0.5) is 0 Å². The molecule has 2 aromatic carbocycles. The summed E-state index contributed by atoms with van der Waals surface area (Å²) in [7, 11) is 2.01. The first kappa shape index (κ1) is 16.6. The molecule has 3 nitrogen and oxygen atoms in total. The highest BCUT2D eigenvalue weighted by Crippen LogP contribution is 2.36. The average Bonchev–Trinajstić information content (AvgIpc) is 3.14. The molecule has 0 amide bonds. The molecule has 2 N–H and O–H groups in total. The maximum absolute atomic E-state index is 4.28. The predicted molar refractivity (Wildman–Crippen MR) is 108 cm³/mol. The third-order valence-electron chi connectivity index (χ3n) is 4.98. The first-order chi connectivity index (χ1) is 12.9. The zero-order valence-corrected chi connectivity index (χ0v) is 14.9. The molecule has 3 heteroatoms. The Labute approximate surface area is 154 Å². The van der Waals surface area contributed by atoms with Crippen LogP contribution in [0.1, 0.15) is 23.5 Å². The van der Waals surface area contributed by atoms with Gasteiger partial charge in [0.05, 0.1) is 5.52 Å². The fourth-order valence-electron chi connectivity index (χ4n) is 3.70. The normalized spacial score (nSPS) is 12.3. The number of hydrogen-bond acceptors (Lipinski definition) is 2. The minimum absolute atomic E-state index is 0.363. The Hall–Kier alpha value is -2.91. The van der Waals surface area contributed by atoms with Gasteiger partial charge in [-0.3, -0.25) is 4.98 Å². The van der Waals surface area contributed by atoms with Crippen LogP contribution in [0.15, 0.2) is 79.3 Å². The van der Waals surface area contributed by atoms with Crippen LogP contribution in [-0.4, -0.2) is 23.6 Å². The molecule has 130 valence electrons. The van der Waals surface area contributed by atoms with E-state index in [1.807, 2.05) is 25.5 Å². The molecule has 0 aliphatic rings. The summed E-state index contributed by atoms with van der Waals surface area (Å²) in [6.45, 7) is 0.981. The number of hydrogen-bond donors (Lipinski definition) is 2. The summed E-state index contributed by atoms with van der Waals surface area (Å²) < 4.78 is 0. The lowest BCUT2D eigenvalue weighted by molar-refractivity contribution is 0.664. The smallest absolute Gasteiger partial charge is 0.0537 e. The maximum atomic E-state index is 4.28. The Kier molecular flexibility index (Phi) is 4.80. The Bertz CT molecular complexity index is 974. The van der Waals surface area contributed by atoms with Crippen molar-refractivity contribution in [3.63, 3.8) is 0 Å². The van der Waals surface area contributed by atoms with E-state index in [0.29, 0.717) is 5.92 Å². The van der Waals surface area contributed by atoms with Crippen LogP contribution >= 0.6 is 0 Å². The van der Waals surface area contributed by atoms with Crippen molar-refractivity contribution in [1.29, 1.82) is 0 Å². The molecule has 0 aliphatic carbocycles. The van der Waals surface area contributed by atoms with E-state index < -0.39 is 0 Å². The van der Waals surface area contributed by atoms with E-state index >= 15 is 0 Å². The molecule has 0 bridgehead atoms. The van der Waals surface area contributed by atoms with Crippen molar-refractivity contribution >= 4 is 10.9 Å². The molecule has 1 unspecified atom stereocenters. The minimum Gasteiger partial charge on any atom is -0.360 e. The molecule has 2 heterocycles. The number of fused-ring (bicyclic) bond motifs is 1. The van der Waals surface area contributed by atoms with Gasteiger partial charge in [0.2, 0.25) is 0 Å². The predicted octanol–water partition coefficient (Wildman–Crippen LogP) is 4.97. The number of pyridine rings is 1. The van der Waals surface area contributed by atoms with Crippen LogP contribution in [0.3, 0.4) is 0 Å². The average molecular weight is 341 g/mol. The van der Waals surface area contributed by atoms with Crippen LogP contribution < -0.4 is 5.32 Å². The highest BCUT2D eigenvalue weighted by molar-refractivity contribution is 5.96. The van der Waals surface area contributed by atoms with Gasteiger partial charge in [0.25, 0.3) is 0 Å². The van der Waals surface area contributed by atoms with Crippen LogP contribution in [0.2, 0.25) is 0 Å². The van der Waals surface area contributed by atoms with Gasteiger partial charge in [-0.25, -0.2) is 0 Å². The van der Waals surface area contributed by atoms with Crippen molar-refractivity contribution in [2.75, 3.05) is 13.6 Å². The summed E-state index contributed by atoms with van der Waals surface area (Å²) in [5.74, 6) is 0.363. The lowest BCUT2D eigenvalue weighted by Gasteiger charge is -2.17.